The third kappa shape index (κ3) is 5.14. The summed E-state index contributed by atoms with van der Waals surface area (Å²) in [6.07, 6.45) is 2.10. The summed E-state index contributed by atoms with van der Waals surface area (Å²) >= 11 is 7.09. The maximum atomic E-state index is 6.20. The lowest BCUT2D eigenvalue weighted by atomic mass is 10.1. The van der Waals surface area contributed by atoms with E-state index in [0.29, 0.717) is 17.5 Å². The number of halogens is 2. The number of nitrogen functional groups attached to an aromatic ring is 1. The van der Waals surface area contributed by atoms with E-state index in [2.05, 4.69) is 104 Å². The van der Waals surface area contributed by atoms with Gasteiger partial charge in [-0.3, -0.25) is 4.90 Å². The van der Waals surface area contributed by atoms with Gasteiger partial charge in [-0.2, -0.15) is 0 Å². The van der Waals surface area contributed by atoms with Crippen LogP contribution in [0.5, 0.6) is 11.5 Å². The van der Waals surface area contributed by atoms with Crippen LogP contribution in [0.2, 0.25) is 0 Å². The van der Waals surface area contributed by atoms with E-state index in [0.717, 1.165) is 33.3 Å². The number of H-pyrrole nitrogens is 1. The number of hydrogen-bond acceptors (Lipinski definition) is 3. The summed E-state index contributed by atoms with van der Waals surface area (Å²) in [5.41, 5.74) is 10.2. The first-order chi connectivity index (χ1) is 14.9. The molecular formula is C25H25Br2N3O. The van der Waals surface area contributed by atoms with Gasteiger partial charge in [0.2, 0.25) is 0 Å². The number of aromatic amines is 1. The fraction of sp³-hybridized carbons (Fsp3) is 0.200. The molecule has 160 valence electrons. The van der Waals surface area contributed by atoms with Gasteiger partial charge in [-0.15, -0.1) is 0 Å². The van der Waals surface area contributed by atoms with Crippen LogP contribution in [0.15, 0.2) is 75.8 Å². The van der Waals surface area contributed by atoms with Crippen LogP contribution in [0.1, 0.15) is 25.0 Å². The van der Waals surface area contributed by atoms with Crippen molar-refractivity contribution in [1.82, 2.24) is 9.88 Å². The molecule has 0 atom stereocenters. The zero-order chi connectivity index (χ0) is 22.0. The number of hydrogen-bond donors (Lipinski definition) is 2. The van der Waals surface area contributed by atoms with Crippen molar-refractivity contribution < 1.29 is 4.74 Å². The van der Waals surface area contributed by atoms with Gasteiger partial charge in [0.1, 0.15) is 5.75 Å². The van der Waals surface area contributed by atoms with Crippen LogP contribution in [0.25, 0.3) is 10.9 Å². The molecule has 1 aromatic heterocycles. The second kappa shape index (κ2) is 9.47. The highest BCUT2D eigenvalue weighted by Gasteiger charge is 2.15. The number of rotatable bonds is 7. The van der Waals surface area contributed by atoms with E-state index in [9.17, 15) is 0 Å². The number of nitrogens with two attached hydrogens (primary N) is 1. The van der Waals surface area contributed by atoms with Crippen molar-refractivity contribution in [3.05, 3.63) is 86.9 Å². The minimum atomic E-state index is 0.422. The first-order valence-corrected chi connectivity index (χ1v) is 11.8. The molecule has 4 rings (SSSR count). The minimum Gasteiger partial charge on any atom is -0.455 e. The minimum absolute atomic E-state index is 0.422. The maximum absolute atomic E-state index is 6.20. The molecule has 0 radical (unpaired) electrons. The molecule has 0 aliphatic heterocycles. The summed E-state index contributed by atoms with van der Waals surface area (Å²) in [6, 6.07) is 20.8. The van der Waals surface area contributed by atoms with Crippen LogP contribution < -0.4 is 10.5 Å². The summed E-state index contributed by atoms with van der Waals surface area (Å²) in [5, 5.41) is 1.17. The highest BCUT2D eigenvalue weighted by molar-refractivity contribution is 9.11. The van der Waals surface area contributed by atoms with Gasteiger partial charge < -0.3 is 15.5 Å². The van der Waals surface area contributed by atoms with E-state index in [1.165, 1.54) is 16.5 Å². The van der Waals surface area contributed by atoms with Gasteiger partial charge in [0.25, 0.3) is 0 Å². The van der Waals surface area contributed by atoms with E-state index in [-0.39, 0.29) is 0 Å². The lowest BCUT2D eigenvalue weighted by molar-refractivity contribution is 0.204. The Morgan fingerprint density at radius 3 is 2.35 bits per heavy atom. The summed E-state index contributed by atoms with van der Waals surface area (Å²) in [4.78, 5) is 5.87. The van der Waals surface area contributed by atoms with Crippen molar-refractivity contribution in [3.8, 4) is 11.5 Å². The molecule has 0 saturated carbocycles. The van der Waals surface area contributed by atoms with E-state index >= 15 is 0 Å². The van der Waals surface area contributed by atoms with Gasteiger partial charge in [0.05, 0.1) is 8.95 Å². The van der Waals surface area contributed by atoms with Crippen molar-refractivity contribution in [2.75, 3.05) is 5.73 Å². The fourth-order valence-electron chi connectivity index (χ4n) is 3.60. The van der Waals surface area contributed by atoms with Gasteiger partial charge >= 0.3 is 0 Å². The lowest BCUT2D eigenvalue weighted by Crippen LogP contribution is -2.29. The third-order valence-corrected chi connectivity index (χ3v) is 6.49. The molecule has 0 spiro atoms. The number of fused-ring (bicyclic) bond motifs is 1. The Labute approximate surface area is 199 Å². The molecule has 0 bridgehead atoms. The molecule has 31 heavy (non-hydrogen) atoms. The van der Waals surface area contributed by atoms with Crippen molar-refractivity contribution in [2.24, 2.45) is 0 Å². The van der Waals surface area contributed by atoms with Crippen molar-refractivity contribution >= 4 is 48.5 Å². The van der Waals surface area contributed by atoms with E-state index in [4.69, 9.17) is 10.5 Å². The van der Waals surface area contributed by atoms with Crippen LogP contribution in [-0.4, -0.2) is 15.9 Å². The van der Waals surface area contributed by atoms with Gasteiger partial charge in [0.15, 0.2) is 5.75 Å². The van der Waals surface area contributed by atoms with Crippen molar-refractivity contribution in [3.63, 3.8) is 0 Å². The van der Waals surface area contributed by atoms with Crippen LogP contribution in [0.4, 0.5) is 5.69 Å². The number of benzene rings is 3. The quantitative estimate of drug-likeness (QED) is 0.238. The molecule has 0 unspecified atom stereocenters. The van der Waals surface area contributed by atoms with E-state index in [1.54, 1.807) is 0 Å². The molecule has 0 aliphatic rings. The lowest BCUT2D eigenvalue weighted by Gasteiger charge is -2.26. The Hall–Kier alpha value is -2.28. The topological polar surface area (TPSA) is 54.3 Å². The van der Waals surface area contributed by atoms with Crippen LogP contribution in [0.3, 0.4) is 0 Å². The number of anilines is 1. The molecule has 0 amide bonds. The Morgan fingerprint density at radius 2 is 1.68 bits per heavy atom. The predicted octanol–water partition coefficient (Wildman–Crippen LogP) is 7.48. The highest BCUT2D eigenvalue weighted by Crippen LogP contribution is 2.39. The fourth-order valence-corrected chi connectivity index (χ4v) is 4.99. The van der Waals surface area contributed by atoms with Gasteiger partial charge in [-0.1, -0.05) is 30.3 Å². The third-order valence-electron chi connectivity index (χ3n) is 5.31. The summed E-state index contributed by atoms with van der Waals surface area (Å²) in [7, 11) is 0. The average Bonchev–Trinajstić information content (AvgIpc) is 3.13. The molecule has 6 heteroatoms. The first kappa shape index (κ1) is 21.9. The van der Waals surface area contributed by atoms with Crippen molar-refractivity contribution in [2.45, 2.75) is 33.0 Å². The molecule has 0 fully saturated rings. The van der Waals surface area contributed by atoms with Gasteiger partial charge in [-0.05, 0) is 87.2 Å². The molecule has 3 N–H and O–H groups in total. The molecular weight excluding hydrogens is 518 g/mol. The largest absolute Gasteiger partial charge is 0.455 e. The van der Waals surface area contributed by atoms with Crippen LogP contribution in [-0.2, 0) is 13.1 Å². The van der Waals surface area contributed by atoms with Crippen LogP contribution in [0, 0.1) is 0 Å². The average molecular weight is 543 g/mol. The Balaban J connectivity index is 1.61. The standard InChI is InChI=1S/C25H25Br2N3O/c1-16(2)30(14-17-6-4-3-5-7-17)15-18-13-29-24-9-8-20(12-21(18)24)31-25-22(26)10-19(28)11-23(25)27/h3-13,16,29H,14-15,28H2,1-2H3. The molecule has 4 aromatic rings. The Bertz CT molecular complexity index is 1170. The zero-order valence-electron chi connectivity index (χ0n) is 17.5. The normalized spacial score (nSPS) is 11.5. The highest BCUT2D eigenvalue weighted by atomic mass is 79.9. The second-order valence-corrected chi connectivity index (χ2v) is 9.63. The summed E-state index contributed by atoms with van der Waals surface area (Å²) < 4.78 is 7.81. The molecule has 0 aliphatic carbocycles. The SMILES string of the molecule is CC(C)N(Cc1ccccc1)Cc1c[nH]c2ccc(Oc3c(Br)cc(N)cc3Br)cc12. The predicted molar refractivity (Wildman–Crippen MR) is 135 cm³/mol. The first-order valence-electron chi connectivity index (χ1n) is 10.2. The van der Waals surface area contributed by atoms with Crippen molar-refractivity contribution in [1.29, 1.82) is 0 Å². The van der Waals surface area contributed by atoms with Gasteiger partial charge in [-0.25, -0.2) is 0 Å². The molecule has 3 aromatic carbocycles. The summed E-state index contributed by atoms with van der Waals surface area (Å²) in [6.45, 7) is 6.24. The van der Waals surface area contributed by atoms with Gasteiger partial charge in [0, 0.05) is 41.9 Å². The molecule has 4 nitrogen and oxygen atoms in total. The number of nitrogens with one attached hydrogen (secondary N) is 1. The van der Waals surface area contributed by atoms with E-state index < -0.39 is 0 Å². The number of ether oxygens (including phenoxy) is 1. The Morgan fingerprint density at radius 1 is 0.968 bits per heavy atom. The number of nitrogens with zero attached hydrogens (tertiary/aromatic N) is 1. The van der Waals surface area contributed by atoms with E-state index in [1.807, 2.05) is 18.2 Å². The zero-order valence-corrected chi connectivity index (χ0v) is 20.7. The summed E-state index contributed by atoms with van der Waals surface area (Å²) in [5.74, 6) is 1.48. The smallest absolute Gasteiger partial charge is 0.155 e. The maximum Gasteiger partial charge on any atom is 0.155 e. The molecule has 0 saturated heterocycles. The van der Waals surface area contributed by atoms with Crippen LogP contribution >= 0.6 is 31.9 Å². The number of aromatic nitrogens is 1. The second-order valence-electron chi connectivity index (χ2n) is 7.92. The Kier molecular flexibility index (Phi) is 6.70. The monoisotopic (exact) mass is 541 g/mol. The molecule has 1 heterocycles.